The summed E-state index contributed by atoms with van der Waals surface area (Å²) in [4.78, 5) is 8.77. The normalized spacial score (nSPS) is 10.7. The van der Waals surface area contributed by atoms with Crippen molar-refractivity contribution in [3.63, 3.8) is 0 Å². The van der Waals surface area contributed by atoms with Gasteiger partial charge in [0.2, 0.25) is 0 Å². The minimum atomic E-state index is 0.588. The Morgan fingerprint density at radius 1 is 1.05 bits per heavy atom. The highest BCUT2D eigenvalue weighted by Gasteiger charge is 2.12. The van der Waals surface area contributed by atoms with Crippen molar-refractivity contribution in [3.05, 3.63) is 53.0 Å². The number of benzene rings is 1. The molecule has 0 aliphatic rings. The number of aromatic nitrogens is 3. The largest absolute Gasteiger partial charge is 0.282 e. The van der Waals surface area contributed by atoms with E-state index in [2.05, 4.69) is 42.0 Å². The summed E-state index contributed by atoms with van der Waals surface area (Å²) in [5.74, 6) is 0.637. The van der Waals surface area contributed by atoms with Crippen molar-refractivity contribution in [2.75, 3.05) is 0 Å². The van der Waals surface area contributed by atoms with E-state index in [0.717, 1.165) is 16.6 Å². The minimum absolute atomic E-state index is 0.588. The SMILES string of the molecule is Cc1cc2ncn(-c3nccc(C)c3C#N)c2cc1C. The Morgan fingerprint density at radius 2 is 1.80 bits per heavy atom. The predicted molar refractivity (Wildman–Crippen MR) is 77.8 cm³/mol. The van der Waals surface area contributed by atoms with Gasteiger partial charge < -0.3 is 0 Å². The second-order valence-corrected chi connectivity index (χ2v) is 4.98. The number of nitrogens with zero attached hydrogens (tertiary/aromatic N) is 4. The molecule has 0 amide bonds. The Kier molecular flexibility index (Phi) is 2.76. The first-order valence-corrected chi connectivity index (χ1v) is 6.42. The van der Waals surface area contributed by atoms with Crippen LogP contribution >= 0.6 is 0 Å². The highest BCUT2D eigenvalue weighted by Crippen LogP contribution is 2.23. The molecule has 3 aromatic rings. The molecule has 20 heavy (non-hydrogen) atoms. The van der Waals surface area contributed by atoms with E-state index in [-0.39, 0.29) is 0 Å². The molecule has 1 aromatic carbocycles. The van der Waals surface area contributed by atoms with E-state index in [9.17, 15) is 5.26 Å². The number of fused-ring (bicyclic) bond motifs is 1. The molecule has 3 rings (SSSR count). The summed E-state index contributed by atoms with van der Waals surface area (Å²) in [7, 11) is 0. The monoisotopic (exact) mass is 262 g/mol. The first-order chi connectivity index (χ1) is 9.61. The third kappa shape index (κ3) is 1.76. The van der Waals surface area contributed by atoms with Crippen LogP contribution in [0.2, 0.25) is 0 Å². The maximum atomic E-state index is 9.35. The van der Waals surface area contributed by atoms with E-state index in [1.165, 1.54) is 11.1 Å². The topological polar surface area (TPSA) is 54.5 Å². The molecule has 0 aliphatic carbocycles. The number of pyridine rings is 1. The van der Waals surface area contributed by atoms with Gasteiger partial charge in [-0.2, -0.15) is 5.26 Å². The van der Waals surface area contributed by atoms with Gasteiger partial charge in [0.25, 0.3) is 0 Å². The zero-order chi connectivity index (χ0) is 14.3. The molecular weight excluding hydrogens is 248 g/mol. The Hall–Kier alpha value is -2.67. The van der Waals surface area contributed by atoms with Crippen molar-refractivity contribution in [1.29, 1.82) is 5.26 Å². The van der Waals surface area contributed by atoms with Crippen LogP contribution in [-0.2, 0) is 0 Å². The smallest absolute Gasteiger partial charge is 0.156 e. The average molecular weight is 262 g/mol. The molecule has 0 saturated heterocycles. The maximum absolute atomic E-state index is 9.35. The van der Waals surface area contributed by atoms with E-state index in [1.807, 2.05) is 17.6 Å². The maximum Gasteiger partial charge on any atom is 0.156 e. The molecule has 0 bridgehead atoms. The Bertz CT molecular complexity index is 853. The predicted octanol–water partition coefficient (Wildman–Crippen LogP) is 3.22. The van der Waals surface area contributed by atoms with Crippen LogP contribution in [0.3, 0.4) is 0 Å². The van der Waals surface area contributed by atoms with Crippen molar-refractivity contribution in [2.45, 2.75) is 20.8 Å². The fourth-order valence-corrected chi connectivity index (χ4v) is 2.30. The minimum Gasteiger partial charge on any atom is -0.282 e. The number of aryl methyl sites for hydroxylation is 3. The van der Waals surface area contributed by atoms with Crippen LogP contribution in [0.4, 0.5) is 0 Å². The van der Waals surface area contributed by atoms with Gasteiger partial charge in [0, 0.05) is 6.20 Å². The fourth-order valence-electron chi connectivity index (χ4n) is 2.30. The first kappa shape index (κ1) is 12.4. The van der Waals surface area contributed by atoms with Gasteiger partial charge in [-0.05, 0) is 55.7 Å². The first-order valence-electron chi connectivity index (χ1n) is 6.42. The molecule has 2 aromatic heterocycles. The molecular formula is C16H14N4. The summed E-state index contributed by atoms with van der Waals surface area (Å²) in [5.41, 5.74) is 5.81. The van der Waals surface area contributed by atoms with Crippen LogP contribution < -0.4 is 0 Å². The molecule has 0 atom stereocenters. The van der Waals surface area contributed by atoms with E-state index in [1.54, 1.807) is 12.5 Å². The van der Waals surface area contributed by atoms with Gasteiger partial charge in [0.1, 0.15) is 12.4 Å². The molecule has 98 valence electrons. The van der Waals surface area contributed by atoms with Crippen molar-refractivity contribution in [2.24, 2.45) is 0 Å². The Labute approximate surface area is 117 Å². The zero-order valence-electron chi connectivity index (χ0n) is 11.7. The van der Waals surface area contributed by atoms with Gasteiger partial charge in [-0.1, -0.05) is 0 Å². The van der Waals surface area contributed by atoms with Crippen molar-refractivity contribution >= 4 is 11.0 Å². The third-order valence-corrected chi connectivity index (χ3v) is 3.64. The van der Waals surface area contributed by atoms with E-state index >= 15 is 0 Å². The van der Waals surface area contributed by atoms with Crippen LogP contribution in [0.5, 0.6) is 0 Å². The number of hydrogen-bond acceptors (Lipinski definition) is 3. The standard InChI is InChI=1S/C16H14N4/c1-10-4-5-18-16(13(10)8-17)20-9-19-14-6-11(2)12(3)7-15(14)20/h4-7,9H,1-3H3. The quantitative estimate of drug-likeness (QED) is 0.676. The summed E-state index contributed by atoms with van der Waals surface area (Å²) in [5, 5.41) is 9.35. The lowest BCUT2D eigenvalue weighted by Gasteiger charge is -2.08. The second kappa shape index (κ2) is 4.46. The summed E-state index contributed by atoms with van der Waals surface area (Å²) in [6, 6.07) is 8.22. The second-order valence-electron chi connectivity index (χ2n) is 4.98. The van der Waals surface area contributed by atoms with Crippen LogP contribution in [0.25, 0.3) is 16.9 Å². The summed E-state index contributed by atoms with van der Waals surface area (Å²) in [6.45, 7) is 6.05. The lowest BCUT2D eigenvalue weighted by molar-refractivity contribution is 1.01. The van der Waals surface area contributed by atoms with Crippen LogP contribution in [0, 0.1) is 32.1 Å². The highest BCUT2D eigenvalue weighted by molar-refractivity contribution is 5.79. The van der Waals surface area contributed by atoms with Crippen molar-refractivity contribution in [1.82, 2.24) is 14.5 Å². The van der Waals surface area contributed by atoms with E-state index in [0.29, 0.717) is 11.4 Å². The number of rotatable bonds is 1. The van der Waals surface area contributed by atoms with Gasteiger partial charge in [0.05, 0.1) is 16.6 Å². The highest BCUT2D eigenvalue weighted by atomic mass is 15.1. The van der Waals surface area contributed by atoms with Crippen LogP contribution in [-0.4, -0.2) is 14.5 Å². The van der Waals surface area contributed by atoms with E-state index in [4.69, 9.17) is 0 Å². The van der Waals surface area contributed by atoms with Gasteiger partial charge in [0.15, 0.2) is 5.82 Å². The third-order valence-electron chi connectivity index (χ3n) is 3.64. The summed E-state index contributed by atoms with van der Waals surface area (Å²) in [6.07, 6.45) is 3.45. The molecule has 0 fully saturated rings. The summed E-state index contributed by atoms with van der Waals surface area (Å²) >= 11 is 0. The molecule has 0 N–H and O–H groups in total. The molecule has 0 spiro atoms. The molecule has 0 saturated carbocycles. The number of nitriles is 1. The summed E-state index contributed by atoms with van der Waals surface area (Å²) < 4.78 is 1.88. The molecule has 0 unspecified atom stereocenters. The average Bonchev–Trinajstić information content (AvgIpc) is 2.81. The van der Waals surface area contributed by atoms with Crippen LogP contribution in [0.1, 0.15) is 22.3 Å². The zero-order valence-corrected chi connectivity index (χ0v) is 11.7. The lowest BCUT2D eigenvalue weighted by atomic mass is 10.1. The number of imidazole rings is 1. The Morgan fingerprint density at radius 3 is 2.55 bits per heavy atom. The van der Waals surface area contributed by atoms with Gasteiger partial charge in [-0.25, -0.2) is 9.97 Å². The van der Waals surface area contributed by atoms with Gasteiger partial charge in [-0.15, -0.1) is 0 Å². The van der Waals surface area contributed by atoms with E-state index < -0.39 is 0 Å². The molecule has 0 aliphatic heterocycles. The Balaban J connectivity index is 2.34. The molecule has 4 heteroatoms. The molecule has 4 nitrogen and oxygen atoms in total. The van der Waals surface area contributed by atoms with Crippen molar-refractivity contribution < 1.29 is 0 Å². The molecule has 2 heterocycles. The van der Waals surface area contributed by atoms with Crippen LogP contribution in [0.15, 0.2) is 30.7 Å². The van der Waals surface area contributed by atoms with Gasteiger partial charge >= 0.3 is 0 Å². The fraction of sp³-hybridized carbons (Fsp3) is 0.188. The molecule has 0 radical (unpaired) electrons. The number of hydrogen-bond donors (Lipinski definition) is 0. The van der Waals surface area contributed by atoms with Crippen molar-refractivity contribution in [3.8, 4) is 11.9 Å². The lowest BCUT2D eigenvalue weighted by Crippen LogP contribution is -2.01. The van der Waals surface area contributed by atoms with Gasteiger partial charge in [-0.3, -0.25) is 4.57 Å².